The summed E-state index contributed by atoms with van der Waals surface area (Å²) < 4.78 is 6.81. The Kier molecular flexibility index (Phi) is 7.78. The molecule has 21 heavy (non-hydrogen) atoms. The number of carbonyl (C=O) groups is 1. The number of rotatable bonds is 8. The van der Waals surface area contributed by atoms with Gasteiger partial charge in [0.2, 0.25) is 0 Å². The second-order valence-corrected chi connectivity index (χ2v) is 4.88. The SMILES string of the molecule is O=C([O-])CCCCCCCn1c(=O)oc2ccccc21.[Na+]. The molecular formula is C15H18NNaO4. The van der Waals surface area contributed by atoms with Crippen LogP contribution in [-0.2, 0) is 11.3 Å². The van der Waals surface area contributed by atoms with E-state index in [-0.39, 0.29) is 41.7 Å². The average molecular weight is 299 g/mol. The molecule has 1 aromatic carbocycles. The van der Waals surface area contributed by atoms with Crippen LogP contribution in [0.2, 0.25) is 0 Å². The third-order valence-electron chi connectivity index (χ3n) is 3.34. The van der Waals surface area contributed by atoms with Crippen molar-refractivity contribution < 1.29 is 43.9 Å². The Morgan fingerprint density at radius 1 is 1.10 bits per heavy atom. The van der Waals surface area contributed by atoms with Crippen molar-refractivity contribution >= 4 is 17.1 Å². The van der Waals surface area contributed by atoms with Gasteiger partial charge in [0.25, 0.3) is 0 Å². The van der Waals surface area contributed by atoms with Crippen molar-refractivity contribution in [3.8, 4) is 0 Å². The number of benzene rings is 1. The summed E-state index contributed by atoms with van der Waals surface area (Å²) in [5.74, 6) is -1.30. The maximum Gasteiger partial charge on any atom is 1.00 e. The van der Waals surface area contributed by atoms with E-state index in [9.17, 15) is 14.7 Å². The van der Waals surface area contributed by atoms with Crippen LogP contribution < -0.4 is 40.4 Å². The number of unbranched alkanes of at least 4 members (excludes halogenated alkanes) is 4. The van der Waals surface area contributed by atoms with Gasteiger partial charge in [-0.25, -0.2) is 4.79 Å². The summed E-state index contributed by atoms with van der Waals surface area (Å²) in [5.41, 5.74) is 1.45. The first-order valence-corrected chi connectivity index (χ1v) is 6.96. The number of carboxylic acids is 1. The number of carbonyl (C=O) groups excluding carboxylic acids is 1. The topological polar surface area (TPSA) is 75.3 Å². The number of oxazole rings is 1. The molecule has 0 saturated heterocycles. The molecule has 0 amide bonds. The van der Waals surface area contributed by atoms with Crippen molar-refractivity contribution in [2.45, 2.75) is 45.1 Å². The molecule has 0 fully saturated rings. The minimum atomic E-state index is -0.985. The van der Waals surface area contributed by atoms with E-state index in [1.54, 1.807) is 10.6 Å². The van der Waals surface area contributed by atoms with Crippen LogP contribution in [0.3, 0.4) is 0 Å². The third-order valence-corrected chi connectivity index (χ3v) is 3.34. The van der Waals surface area contributed by atoms with Gasteiger partial charge in [0, 0.05) is 12.5 Å². The molecule has 5 nitrogen and oxygen atoms in total. The average Bonchev–Trinajstić information content (AvgIpc) is 2.73. The van der Waals surface area contributed by atoms with Crippen molar-refractivity contribution in [1.82, 2.24) is 4.57 Å². The first kappa shape index (κ1) is 18.0. The zero-order valence-electron chi connectivity index (χ0n) is 12.3. The molecule has 0 bridgehead atoms. The standard InChI is InChI=1S/C15H19NO4.Na/c17-14(18)10-4-2-1-3-7-11-16-12-8-5-6-9-13(12)20-15(16)19;/h5-6,8-9H,1-4,7,10-11H2,(H,17,18);/q;+1/p-1. The molecule has 1 heterocycles. The van der Waals surface area contributed by atoms with E-state index < -0.39 is 5.97 Å². The van der Waals surface area contributed by atoms with Crippen LogP contribution in [0.5, 0.6) is 0 Å². The van der Waals surface area contributed by atoms with Crippen LogP contribution in [-0.4, -0.2) is 10.5 Å². The van der Waals surface area contributed by atoms with Gasteiger partial charge in [-0.2, -0.15) is 0 Å². The second-order valence-electron chi connectivity index (χ2n) is 4.88. The summed E-state index contributed by atoms with van der Waals surface area (Å²) >= 11 is 0. The molecule has 108 valence electrons. The maximum atomic E-state index is 11.7. The van der Waals surface area contributed by atoms with Gasteiger partial charge in [0.1, 0.15) is 0 Å². The number of aryl methyl sites for hydroxylation is 1. The zero-order valence-corrected chi connectivity index (χ0v) is 14.3. The van der Waals surface area contributed by atoms with Gasteiger partial charge in [-0.15, -0.1) is 0 Å². The van der Waals surface area contributed by atoms with Crippen LogP contribution in [0.25, 0.3) is 11.1 Å². The molecule has 0 unspecified atom stereocenters. The Bertz CT molecular complexity index is 632. The largest absolute Gasteiger partial charge is 1.00 e. The summed E-state index contributed by atoms with van der Waals surface area (Å²) in [5, 5.41) is 10.2. The zero-order chi connectivity index (χ0) is 14.4. The molecule has 0 aliphatic heterocycles. The normalized spacial score (nSPS) is 10.5. The molecule has 0 spiro atoms. The van der Waals surface area contributed by atoms with E-state index in [0.29, 0.717) is 18.5 Å². The Morgan fingerprint density at radius 3 is 2.52 bits per heavy atom. The molecule has 0 radical (unpaired) electrons. The molecule has 0 atom stereocenters. The summed E-state index contributed by atoms with van der Waals surface area (Å²) in [4.78, 5) is 21.9. The smallest absolute Gasteiger partial charge is 0.550 e. The summed E-state index contributed by atoms with van der Waals surface area (Å²) in [7, 11) is 0. The fourth-order valence-electron chi connectivity index (χ4n) is 2.30. The molecule has 1 aromatic heterocycles. The first-order chi connectivity index (χ1) is 9.68. The predicted octanol–water partition coefficient (Wildman–Crippen LogP) is -1.31. The number of carboxylic acid groups (broad SMARTS) is 1. The molecule has 0 N–H and O–H groups in total. The summed E-state index contributed by atoms with van der Waals surface area (Å²) in [6, 6.07) is 7.38. The van der Waals surface area contributed by atoms with E-state index >= 15 is 0 Å². The quantitative estimate of drug-likeness (QED) is 0.448. The van der Waals surface area contributed by atoms with Crippen molar-refractivity contribution in [3.05, 3.63) is 34.8 Å². The Labute approximate surface area is 145 Å². The second kappa shape index (κ2) is 9.07. The fourth-order valence-corrected chi connectivity index (χ4v) is 2.30. The van der Waals surface area contributed by atoms with Crippen LogP contribution in [0.1, 0.15) is 38.5 Å². The number of hydrogen-bond donors (Lipinski definition) is 0. The molecule has 0 aliphatic rings. The van der Waals surface area contributed by atoms with E-state index in [1.165, 1.54) is 0 Å². The van der Waals surface area contributed by atoms with Gasteiger partial charge in [0.15, 0.2) is 5.58 Å². The van der Waals surface area contributed by atoms with Gasteiger partial charge in [-0.05, 0) is 31.4 Å². The predicted molar refractivity (Wildman–Crippen MR) is 73.2 cm³/mol. The van der Waals surface area contributed by atoms with E-state index in [1.807, 2.05) is 18.2 Å². The van der Waals surface area contributed by atoms with Crippen LogP contribution >= 0.6 is 0 Å². The molecule has 0 aliphatic carbocycles. The van der Waals surface area contributed by atoms with Crippen molar-refractivity contribution in [2.24, 2.45) is 0 Å². The summed E-state index contributed by atoms with van der Waals surface area (Å²) in [6.07, 6.45) is 4.50. The first-order valence-electron chi connectivity index (χ1n) is 6.96. The molecule has 6 heteroatoms. The minimum absolute atomic E-state index is 0. The van der Waals surface area contributed by atoms with Gasteiger partial charge in [0.05, 0.1) is 5.52 Å². The number of para-hydroxylation sites is 2. The Balaban J connectivity index is 0.00000220. The van der Waals surface area contributed by atoms with Crippen molar-refractivity contribution in [2.75, 3.05) is 0 Å². The van der Waals surface area contributed by atoms with E-state index in [2.05, 4.69) is 0 Å². The molecule has 2 aromatic rings. The Hall–Kier alpha value is -1.04. The van der Waals surface area contributed by atoms with Crippen LogP contribution in [0.4, 0.5) is 0 Å². The van der Waals surface area contributed by atoms with Crippen LogP contribution in [0, 0.1) is 0 Å². The van der Waals surface area contributed by atoms with Gasteiger partial charge < -0.3 is 14.3 Å². The number of aliphatic carboxylic acids is 1. The van der Waals surface area contributed by atoms with Crippen molar-refractivity contribution in [1.29, 1.82) is 0 Å². The number of fused-ring (bicyclic) bond motifs is 1. The fraction of sp³-hybridized carbons (Fsp3) is 0.467. The van der Waals surface area contributed by atoms with Gasteiger partial charge in [-0.1, -0.05) is 31.4 Å². The monoisotopic (exact) mass is 299 g/mol. The van der Waals surface area contributed by atoms with E-state index in [4.69, 9.17) is 4.42 Å². The molecular weight excluding hydrogens is 281 g/mol. The third kappa shape index (κ3) is 5.34. The van der Waals surface area contributed by atoms with Crippen molar-refractivity contribution in [3.63, 3.8) is 0 Å². The number of hydrogen-bond acceptors (Lipinski definition) is 4. The maximum absolute atomic E-state index is 11.7. The summed E-state index contributed by atoms with van der Waals surface area (Å²) in [6.45, 7) is 0.635. The minimum Gasteiger partial charge on any atom is -0.550 e. The van der Waals surface area contributed by atoms with E-state index in [0.717, 1.165) is 31.2 Å². The molecule has 2 rings (SSSR count). The van der Waals surface area contributed by atoms with Gasteiger partial charge in [-0.3, -0.25) is 4.57 Å². The van der Waals surface area contributed by atoms with Gasteiger partial charge >= 0.3 is 35.3 Å². The molecule has 0 saturated carbocycles. The number of nitrogens with zero attached hydrogens (tertiary/aromatic N) is 1. The number of aromatic nitrogens is 1. The van der Waals surface area contributed by atoms with Crippen LogP contribution in [0.15, 0.2) is 33.5 Å². The Morgan fingerprint density at radius 2 is 1.76 bits per heavy atom.